The molecule has 0 saturated heterocycles. The lowest BCUT2D eigenvalue weighted by Gasteiger charge is -2.33. The Labute approximate surface area is 116 Å². The van der Waals surface area contributed by atoms with Crippen LogP contribution in [0.3, 0.4) is 0 Å². The van der Waals surface area contributed by atoms with Crippen molar-refractivity contribution in [2.75, 3.05) is 6.54 Å². The minimum absolute atomic E-state index is 0.0988. The Bertz CT molecular complexity index is 539. The summed E-state index contributed by atoms with van der Waals surface area (Å²) in [4.78, 5) is 0.449. The second-order valence-electron chi connectivity index (χ2n) is 5.81. The van der Waals surface area contributed by atoms with Crippen molar-refractivity contribution in [1.82, 2.24) is 0 Å². The molecule has 4 heteroatoms. The van der Waals surface area contributed by atoms with Gasteiger partial charge in [0.2, 0.25) is 0 Å². The Morgan fingerprint density at radius 2 is 2.05 bits per heavy atom. The maximum atomic E-state index is 12.8. The average Bonchev–Trinajstić information content (AvgIpc) is 2.38. The third-order valence-electron chi connectivity index (χ3n) is 4.21. The van der Waals surface area contributed by atoms with E-state index in [1.165, 1.54) is 0 Å². The maximum absolute atomic E-state index is 12.8. The van der Waals surface area contributed by atoms with Crippen molar-refractivity contribution in [3.8, 4) is 0 Å². The van der Waals surface area contributed by atoms with Gasteiger partial charge in [0, 0.05) is 0 Å². The standard InChI is InChI=1S/C15H23NO2S/c1-11-4-3-5-14(8-11)19(17,18)15-9-12(2)6-7-13(15)10-16/h3-5,8,12-13,15H,6-7,9-10,16H2,1-2H3. The molecule has 1 aliphatic rings. The zero-order valence-electron chi connectivity index (χ0n) is 11.7. The molecule has 0 spiro atoms. The van der Waals surface area contributed by atoms with Crippen LogP contribution in [0.25, 0.3) is 0 Å². The molecule has 0 radical (unpaired) electrons. The van der Waals surface area contributed by atoms with E-state index in [0.717, 1.165) is 24.8 Å². The van der Waals surface area contributed by atoms with E-state index in [4.69, 9.17) is 5.73 Å². The van der Waals surface area contributed by atoms with E-state index >= 15 is 0 Å². The molecule has 1 fully saturated rings. The average molecular weight is 281 g/mol. The van der Waals surface area contributed by atoms with Crippen molar-refractivity contribution in [3.05, 3.63) is 29.8 Å². The third kappa shape index (κ3) is 3.00. The first-order valence-electron chi connectivity index (χ1n) is 6.95. The fraction of sp³-hybridized carbons (Fsp3) is 0.600. The highest BCUT2D eigenvalue weighted by atomic mass is 32.2. The Balaban J connectivity index is 2.36. The van der Waals surface area contributed by atoms with Gasteiger partial charge in [-0.2, -0.15) is 0 Å². The summed E-state index contributed by atoms with van der Waals surface area (Å²) in [6.07, 6.45) is 2.74. The summed E-state index contributed by atoms with van der Waals surface area (Å²) < 4.78 is 25.6. The molecule has 2 N–H and O–H groups in total. The number of aryl methyl sites for hydroxylation is 1. The Hall–Kier alpha value is -0.870. The highest BCUT2D eigenvalue weighted by Gasteiger charge is 2.37. The molecule has 19 heavy (non-hydrogen) atoms. The van der Waals surface area contributed by atoms with Crippen LogP contribution in [-0.2, 0) is 9.84 Å². The first kappa shape index (κ1) is 14.5. The van der Waals surface area contributed by atoms with Crippen LogP contribution in [0.1, 0.15) is 31.7 Å². The van der Waals surface area contributed by atoms with E-state index in [1.54, 1.807) is 12.1 Å². The largest absolute Gasteiger partial charge is 0.330 e. The third-order valence-corrected chi connectivity index (χ3v) is 6.50. The van der Waals surface area contributed by atoms with Crippen molar-refractivity contribution in [1.29, 1.82) is 0 Å². The second kappa shape index (κ2) is 5.63. The predicted octanol–water partition coefficient (Wildman–Crippen LogP) is 2.53. The number of hydrogen-bond acceptors (Lipinski definition) is 3. The summed E-state index contributed by atoms with van der Waals surface area (Å²) in [7, 11) is -3.26. The molecule has 0 aliphatic heterocycles. The molecule has 3 nitrogen and oxygen atoms in total. The summed E-state index contributed by atoms with van der Waals surface area (Å²) in [5.74, 6) is 0.564. The van der Waals surface area contributed by atoms with Gasteiger partial charge in [0.15, 0.2) is 9.84 Å². The molecule has 0 aromatic heterocycles. The first-order chi connectivity index (χ1) is 8.95. The zero-order valence-corrected chi connectivity index (χ0v) is 12.5. The lowest BCUT2D eigenvalue weighted by molar-refractivity contribution is 0.296. The summed E-state index contributed by atoms with van der Waals surface area (Å²) in [6, 6.07) is 7.20. The predicted molar refractivity (Wildman–Crippen MR) is 77.7 cm³/mol. The molecule has 0 bridgehead atoms. The van der Waals surface area contributed by atoms with Gasteiger partial charge in [-0.1, -0.05) is 25.5 Å². The normalized spacial score (nSPS) is 28.3. The van der Waals surface area contributed by atoms with Crippen LogP contribution in [0, 0.1) is 18.8 Å². The molecule has 2 rings (SSSR count). The number of hydrogen-bond donors (Lipinski definition) is 1. The van der Waals surface area contributed by atoms with Crippen LogP contribution in [0.2, 0.25) is 0 Å². The molecule has 3 atom stereocenters. The highest BCUT2D eigenvalue weighted by molar-refractivity contribution is 7.92. The lowest BCUT2D eigenvalue weighted by atomic mass is 9.82. The molecular weight excluding hydrogens is 258 g/mol. The van der Waals surface area contributed by atoms with E-state index in [9.17, 15) is 8.42 Å². The van der Waals surface area contributed by atoms with Crippen LogP contribution < -0.4 is 5.73 Å². The monoisotopic (exact) mass is 281 g/mol. The van der Waals surface area contributed by atoms with Gasteiger partial charge in [0.05, 0.1) is 10.1 Å². The number of sulfone groups is 1. The topological polar surface area (TPSA) is 60.2 Å². The minimum Gasteiger partial charge on any atom is -0.330 e. The maximum Gasteiger partial charge on any atom is 0.181 e. The van der Waals surface area contributed by atoms with Crippen LogP contribution in [-0.4, -0.2) is 20.2 Å². The Morgan fingerprint density at radius 3 is 2.68 bits per heavy atom. The van der Waals surface area contributed by atoms with Crippen molar-refractivity contribution in [2.45, 2.75) is 43.3 Å². The highest BCUT2D eigenvalue weighted by Crippen LogP contribution is 2.35. The van der Waals surface area contributed by atoms with Crippen LogP contribution >= 0.6 is 0 Å². The molecule has 1 aromatic rings. The second-order valence-corrected chi connectivity index (χ2v) is 7.98. The smallest absolute Gasteiger partial charge is 0.181 e. The Kier molecular flexibility index (Phi) is 4.31. The fourth-order valence-electron chi connectivity index (χ4n) is 3.01. The van der Waals surface area contributed by atoms with E-state index < -0.39 is 9.84 Å². The quantitative estimate of drug-likeness (QED) is 0.926. The fourth-order valence-corrected chi connectivity index (χ4v) is 5.31. The Morgan fingerprint density at radius 1 is 1.32 bits per heavy atom. The van der Waals surface area contributed by atoms with Crippen molar-refractivity contribution >= 4 is 9.84 Å². The number of benzene rings is 1. The van der Waals surface area contributed by atoms with Gasteiger partial charge in [0.1, 0.15) is 0 Å². The van der Waals surface area contributed by atoms with E-state index in [0.29, 0.717) is 17.4 Å². The summed E-state index contributed by atoms with van der Waals surface area (Å²) in [5, 5.41) is -0.317. The van der Waals surface area contributed by atoms with Crippen LogP contribution in [0.15, 0.2) is 29.2 Å². The summed E-state index contributed by atoms with van der Waals surface area (Å²) in [5.41, 5.74) is 6.76. The molecular formula is C15H23NO2S. The zero-order chi connectivity index (χ0) is 14.0. The number of rotatable bonds is 3. The van der Waals surface area contributed by atoms with Gasteiger partial charge in [-0.3, -0.25) is 0 Å². The SMILES string of the molecule is Cc1cccc(S(=O)(=O)C2CC(C)CCC2CN)c1. The van der Waals surface area contributed by atoms with Gasteiger partial charge in [-0.05, 0) is 55.8 Å². The van der Waals surface area contributed by atoms with Crippen LogP contribution in [0.4, 0.5) is 0 Å². The molecule has 106 valence electrons. The molecule has 3 unspecified atom stereocenters. The van der Waals surface area contributed by atoms with Gasteiger partial charge >= 0.3 is 0 Å². The van der Waals surface area contributed by atoms with Crippen molar-refractivity contribution in [3.63, 3.8) is 0 Å². The van der Waals surface area contributed by atoms with Crippen molar-refractivity contribution in [2.24, 2.45) is 17.6 Å². The van der Waals surface area contributed by atoms with Gasteiger partial charge in [0.25, 0.3) is 0 Å². The lowest BCUT2D eigenvalue weighted by Crippen LogP contribution is -2.39. The van der Waals surface area contributed by atoms with Gasteiger partial charge in [-0.25, -0.2) is 8.42 Å². The minimum atomic E-state index is -3.26. The summed E-state index contributed by atoms with van der Waals surface area (Å²) >= 11 is 0. The molecule has 0 amide bonds. The molecule has 1 aliphatic carbocycles. The first-order valence-corrected chi connectivity index (χ1v) is 8.50. The molecule has 1 aromatic carbocycles. The van der Waals surface area contributed by atoms with Gasteiger partial charge in [-0.15, -0.1) is 0 Å². The molecule has 0 heterocycles. The van der Waals surface area contributed by atoms with Crippen LogP contribution in [0.5, 0.6) is 0 Å². The summed E-state index contributed by atoms with van der Waals surface area (Å²) in [6.45, 7) is 4.51. The number of nitrogens with two attached hydrogens (primary N) is 1. The van der Waals surface area contributed by atoms with E-state index in [1.807, 2.05) is 19.1 Å². The van der Waals surface area contributed by atoms with Crippen molar-refractivity contribution < 1.29 is 8.42 Å². The van der Waals surface area contributed by atoms with E-state index in [2.05, 4.69) is 6.92 Å². The van der Waals surface area contributed by atoms with Gasteiger partial charge < -0.3 is 5.73 Å². The molecule has 1 saturated carbocycles. The van der Waals surface area contributed by atoms with E-state index in [-0.39, 0.29) is 11.2 Å².